The summed E-state index contributed by atoms with van der Waals surface area (Å²) in [4.78, 5) is 38.8. The summed E-state index contributed by atoms with van der Waals surface area (Å²) in [7, 11) is 0. The standard InChI is InChI=1S/C26H26N4O3/c1-4-30(15-23-28-22-10-6-5-9-21(22)25(31)29-23)26(32)20-12-17(2)24(18(3)13-20)33-16-19-8-7-11-27-14-19/h5-14H,4,15-16H2,1-3H3,(H,28,29,31). The van der Waals surface area contributed by atoms with Crippen LogP contribution in [0, 0.1) is 13.8 Å². The lowest BCUT2D eigenvalue weighted by molar-refractivity contribution is 0.0748. The molecular weight excluding hydrogens is 416 g/mol. The molecule has 1 amide bonds. The lowest BCUT2D eigenvalue weighted by Gasteiger charge is -2.22. The van der Waals surface area contributed by atoms with E-state index in [4.69, 9.17) is 4.74 Å². The number of aromatic nitrogens is 3. The minimum atomic E-state index is -0.207. The quantitative estimate of drug-likeness (QED) is 0.464. The molecule has 0 saturated heterocycles. The van der Waals surface area contributed by atoms with Gasteiger partial charge in [0.15, 0.2) is 0 Å². The van der Waals surface area contributed by atoms with Crippen molar-refractivity contribution in [2.75, 3.05) is 6.54 Å². The van der Waals surface area contributed by atoms with E-state index in [0.29, 0.717) is 35.4 Å². The average Bonchev–Trinajstić information content (AvgIpc) is 2.82. The molecule has 4 rings (SSSR count). The molecule has 0 spiro atoms. The molecule has 0 atom stereocenters. The molecule has 7 heteroatoms. The van der Waals surface area contributed by atoms with Crippen molar-refractivity contribution in [2.24, 2.45) is 0 Å². The number of aromatic amines is 1. The summed E-state index contributed by atoms with van der Waals surface area (Å²) in [6, 6.07) is 14.7. The summed E-state index contributed by atoms with van der Waals surface area (Å²) in [5.74, 6) is 1.09. The second-order valence-corrected chi connectivity index (χ2v) is 7.94. The number of aryl methyl sites for hydroxylation is 2. The summed E-state index contributed by atoms with van der Waals surface area (Å²) in [6.45, 7) is 6.87. The highest BCUT2D eigenvalue weighted by Crippen LogP contribution is 2.26. The third kappa shape index (κ3) is 4.92. The van der Waals surface area contributed by atoms with Crippen LogP contribution in [0.15, 0.2) is 65.7 Å². The number of carbonyl (C=O) groups excluding carboxylic acids is 1. The maximum atomic E-state index is 13.3. The van der Waals surface area contributed by atoms with Crippen molar-refractivity contribution in [3.8, 4) is 5.75 Å². The molecular formula is C26H26N4O3. The molecule has 33 heavy (non-hydrogen) atoms. The zero-order chi connectivity index (χ0) is 23.4. The Morgan fingerprint density at radius 1 is 1.09 bits per heavy atom. The molecule has 0 fully saturated rings. The van der Waals surface area contributed by atoms with Gasteiger partial charge < -0.3 is 14.6 Å². The topological polar surface area (TPSA) is 88.2 Å². The summed E-state index contributed by atoms with van der Waals surface area (Å²) in [6.07, 6.45) is 3.50. The Labute approximate surface area is 192 Å². The third-order valence-electron chi connectivity index (χ3n) is 5.48. The van der Waals surface area contributed by atoms with E-state index in [1.807, 2.05) is 51.1 Å². The molecule has 0 unspecified atom stereocenters. The molecule has 2 aromatic carbocycles. The number of benzene rings is 2. The van der Waals surface area contributed by atoms with Crippen LogP contribution in [0.2, 0.25) is 0 Å². The highest BCUT2D eigenvalue weighted by atomic mass is 16.5. The van der Waals surface area contributed by atoms with Crippen LogP contribution in [0.1, 0.15) is 39.8 Å². The van der Waals surface area contributed by atoms with Crippen LogP contribution in [0.4, 0.5) is 0 Å². The molecule has 0 bridgehead atoms. The van der Waals surface area contributed by atoms with Gasteiger partial charge in [0, 0.05) is 30.1 Å². The van der Waals surface area contributed by atoms with Gasteiger partial charge in [0.25, 0.3) is 11.5 Å². The van der Waals surface area contributed by atoms with Crippen LogP contribution >= 0.6 is 0 Å². The highest BCUT2D eigenvalue weighted by molar-refractivity contribution is 5.95. The van der Waals surface area contributed by atoms with Crippen LogP contribution in [-0.2, 0) is 13.2 Å². The van der Waals surface area contributed by atoms with E-state index in [9.17, 15) is 9.59 Å². The first kappa shape index (κ1) is 22.2. The van der Waals surface area contributed by atoms with Gasteiger partial charge in [-0.15, -0.1) is 0 Å². The summed E-state index contributed by atoms with van der Waals surface area (Å²) >= 11 is 0. The Bertz CT molecular complexity index is 1330. The number of hydrogen-bond donors (Lipinski definition) is 1. The van der Waals surface area contributed by atoms with Gasteiger partial charge in [0.2, 0.25) is 0 Å². The van der Waals surface area contributed by atoms with Crippen molar-refractivity contribution in [1.82, 2.24) is 19.9 Å². The average molecular weight is 443 g/mol. The lowest BCUT2D eigenvalue weighted by Crippen LogP contribution is -2.32. The smallest absolute Gasteiger partial charge is 0.258 e. The van der Waals surface area contributed by atoms with Crippen LogP contribution in [0.5, 0.6) is 5.75 Å². The number of nitrogens with zero attached hydrogens (tertiary/aromatic N) is 3. The predicted molar refractivity (Wildman–Crippen MR) is 127 cm³/mol. The Kier molecular flexibility index (Phi) is 6.49. The van der Waals surface area contributed by atoms with E-state index >= 15 is 0 Å². The van der Waals surface area contributed by atoms with E-state index in [2.05, 4.69) is 15.0 Å². The number of rotatable bonds is 7. The van der Waals surface area contributed by atoms with Gasteiger partial charge in [0.05, 0.1) is 17.4 Å². The number of amides is 1. The van der Waals surface area contributed by atoms with E-state index in [-0.39, 0.29) is 18.0 Å². The molecule has 4 aromatic rings. The Morgan fingerprint density at radius 3 is 2.55 bits per heavy atom. The molecule has 0 radical (unpaired) electrons. The number of hydrogen-bond acceptors (Lipinski definition) is 5. The molecule has 0 aliphatic rings. The second-order valence-electron chi connectivity index (χ2n) is 7.94. The normalized spacial score (nSPS) is 10.9. The molecule has 168 valence electrons. The van der Waals surface area contributed by atoms with Crippen molar-refractivity contribution in [3.63, 3.8) is 0 Å². The highest BCUT2D eigenvalue weighted by Gasteiger charge is 2.19. The fourth-order valence-electron chi connectivity index (χ4n) is 3.84. The number of pyridine rings is 1. The second kappa shape index (κ2) is 9.65. The molecule has 2 heterocycles. The van der Waals surface area contributed by atoms with Crippen molar-refractivity contribution >= 4 is 16.8 Å². The largest absolute Gasteiger partial charge is 0.488 e. The van der Waals surface area contributed by atoms with Gasteiger partial charge in [0.1, 0.15) is 18.2 Å². The number of para-hydroxylation sites is 1. The molecule has 7 nitrogen and oxygen atoms in total. The minimum Gasteiger partial charge on any atom is -0.488 e. The van der Waals surface area contributed by atoms with Gasteiger partial charge in [-0.25, -0.2) is 4.98 Å². The fourth-order valence-corrected chi connectivity index (χ4v) is 3.84. The number of nitrogens with one attached hydrogen (secondary N) is 1. The van der Waals surface area contributed by atoms with Crippen LogP contribution in [0.25, 0.3) is 10.9 Å². The fraction of sp³-hybridized carbons (Fsp3) is 0.231. The lowest BCUT2D eigenvalue weighted by atomic mass is 10.0. The zero-order valence-electron chi connectivity index (χ0n) is 19.0. The van der Waals surface area contributed by atoms with Gasteiger partial charge in [-0.2, -0.15) is 0 Å². The summed E-state index contributed by atoms with van der Waals surface area (Å²) in [5, 5.41) is 0.531. The number of ether oxygens (including phenoxy) is 1. The Hall–Kier alpha value is -4.00. The Balaban J connectivity index is 1.54. The van der Waals surface area contributed by atoms with E-state index in [1.165, 1.54) is 0 Å². The van der Waals surface area contributed by atoms with Crippen molar-refractivity contribution in [2.45, 2.75) is 33.9 Å². The van der Waals surface area contributed by atoms with Crippen molar-refractivity contribution < 1.29 is 9.53 Å². The zero-order valence-corrected chi connectivity index (χ0v) is 19.0. The van der Waals surface area contributed by atoms with Crippen molar-refractivity contribution in [1.29, 1.82) is 0 Å². The van der Waals surface area contributed by atoms with E-state index in [1.54, 1.807) is 35.5 Å². The molecule has 1 N–H and O–H groups in total. The molecule has 0 aliphatic heterocycles. The van der Waals surface area contributed by atoms with Crippen LogP contribution in [0.3, 0.4) is 0 Å². The Morgan fingerprint density at radius 2 is 1.85 bits per heavy atom. The molecule has 0 saturated carbocycles. The number of H-pyrrole nitrogens is 1. The third-order valence-corrected chi connectivity index (χ3v) is 5.48. The summed E-state index contributed by atoms with van der Waals surface area (Å²) in [5.41, 5.74) is 3.72. The summed E-state index contributed by atoms with van der Waals surface area (Å²) < 4.78 is 6.01. The number of fused-ring (bicyclic) bond motifs is 1. The first-order chi connectivity index (χ1) is 16.0. The molecule has 0 aliphatic carbocycles. The molecule has 2 aromatic heterocycles. The minimum absolute atomic E-state index is 0.127. The SMILES string of the molecule is CCN(Cc1nc2ccccc2c(=O)[nH]1)C(=O)c1cc(C)c(OCc2cccnc2)c(C)c1. The van der Waals surface area contributed by atoms with Crippen LogP contribution in [-0.4, -0.2) is 32.3 Å². The monoisotopic (exact) mass is 442 g/mol. The van der Waals surface area contributed by atoms with Gasteiger partial charge >= 0.3 is 0 Å². The first-order valence-corrected chi connectivity index (χ1v) is 10.9. The van der Waals surface area contributed by atoms with Gasteiger partial charge in [-0.3, -0.25) is 14.6 Å². The van der Waals surface area contributed by atoms with E-state index < -0.39 is 0 Å². The number of carbonyl (C=O) groups is 1. The van der Waals surface area contributed by atoms with Gasteiger partial charge in [-0.05, 0) is 62.2 Å². The first-order valence-electron chi connectivity index (χ1n) is 10.9. The van der Waals surface area contributed by atoms with Gasteiger partial charge in [-0.1, -0.05) is 18.2 Å². The maximum absolute atomic E-state index is 13.3. The maximum Gasteiger partial charge on any atom is 0.258 e. The predicted octanol–water partition coefficient (Wildman–Crippen LogP) is 4.18. The van der Waals surface area contributed by atoms with Crippen molar-refractivity contribution in [3.05, 3.63) is 99.4 Å². The van der Waals surface area contributed by atoms with E-state index in [0.717, 1.165) is 22.4 Å². The van der Waals surface area contributed by atoms with Crippen LogP contribution < -0.4 is 10.3 Å².